The molecule has 3 aromatic rings. The molecule has 3 heterocycles. The molecule has 0 saturated heterocycles. The number of fused-ring (bicyclic) bond motifs is 2. The van der Waals surface area contributed by atoms with Gasteiger partial charge in [0.05, 0.1) is 4.90 Å². The third-order valence-corrected chi connectivity index (χ3v) is 4.89. The van der Waals surface area contributed by atoms with E-state index in [9.17, 15) is 8.42 Å². The minimum Gasteiger partial charge on any atom is -0.369 e. The van der Waals surface area contributed by atoms with Crippen LogP contribution in [0.5, 0.6) is 0 Å². The molecular formula is C13H9N5O2S. The molecule has 0 radical (unpaired) electrons. The average molecular weight is 299 g/mol. The van der Waals surface area contributed by atoms with Gasteiger partial charge in [-0.1, -0.05) is 6.07 Å². The van der Waals surface area contributed by atoms with Crippen LogP contribution in [0.4, 0.5) is 5.95 Å². The molecule has 7 nitrogen and oxygen atoms in total. The Balaban J connectivity index is 1.97. The van der Waals surface area contributed by atoms with Crippen LogP contribution in [0.3, 0.4) is 0 Å². The normalized spacial score (nSPS) is 15.4. The lowest BCUT2D eigenvalue weighted by atomic mass is 10.1. The van der Waals surface area contributed by atoms with E-state index >= 15 is 0 Å². The number of rotatable bonds is 1. The Morgan fingerprint density at radius 2 is 2.10 bits per heavy atom. The molecule has 2 N–H and O–H groups in total. The van der Waals surface area contributed by atoms with Gasteiger partial charge in [-0.05, 0) is 29.3 Å². The van der Waals surface area contributed by atoms with E-state index in [-0.39, 0.29) is 0 Å². The van der Waals surface area contributed by atoms with Crippen molar-refractivity contribution in [3.8, 4) is 11.1 Å². The zero-order valence-electron chi connectivity index (χ0n) is 10.6. The van der Waals surface area contributed by atoms with Gasteiger partial charge in [0.1, 0.15) is 6.33 Å². The molecule has 21 heavy (non-hydrogen) atoms. The standard InChI is InChI=1S/C13H9N5O2S/c14-13-15-6-10(12-17-16-7-18(12)13)8-1-2-11-9(5-8)3-4-21(11,19)20/h1-7H,(H2,14,15). The van der Waals surface area contributed by atoms with Crippen LogP contribution in [0.1, 0.15) is 5.56 Å². The number of hydrogen-bond donors (Lipinski definition) is 1. The summed E-state index contributed by atoms with van der Waals surface area (Å²) in [5, 5.41) is 9.07. The minimum absolute atomic E-state index is 0.294. The highest BCUT2D eigenvalue weighted by Gasteiger charge is 2.21. The van der Waals surface area contributed by atoms with Gasteiger partial charge in [-0.2, -0.15) is 0 Å². The Morgan fingerprint density at radius 1 is 1.24 bits per heavy atom. The van der Waals surface area contributed by atoms with Crippen LogP contribution in [0.15, 0.2) is 41.0 Å². The highest BCUT2D eigenvalue weighted by Crippen LogP contribution is 2.32. The number of benzene rings is 1. The van der Waals surface area contributed by atoms with Gasteiger partial charge in [0.25, 0.3) is 0 Å². The SMILES string of the molecule is Nc1ncc(-c2ccc3c(c2)C=CS3(=O)=O)c2nncn12. The third kappa shape index (κ3) is 1.66. The molecule has 1 aliphatic rings. The Kier molecular flexibility index (Phi) is 2.23. The fourth-order valence-electron chi connectivity index (χ4n) is 2.38. The molecule has 1 aliphatic heterocycles. The van der Waals surface area contributed by atoms with Crippen LogP contribution in [0.2, 0.25) is 0 Å². The van der Waals surface area contributed by atoms with Gasteiger partial charge in [0.15, 0.2) is 15.5 Å². The van der Waals surface area contributed by atoms with Crippen molar-refractivity contribution in [1.29, 1.82) is 0 Å². The van der Waals surface area contributed by atoms with E-state index in [1.165, 1.54) is 11.7 Å². The lowest BCUT2D eigenvalue weighted by Crippen LogP contribution is -2.01. The van der Waals surface area contributed by atoms with E-state index < -0.39 is 9.84 Å². The highest BCUT2D eigenvalue weighted by atomic mass is 32.2. The molecule has 0 amide bonds. The number of aromatic nitrogens is 4. The van der Waals surface area contributed by atoms with Crippen molar-refractivity contribution in [1.82, 2.24) is 19.6 Å². The van der Waals surface area contributed by atoms with Crippen molar-refractivity contribution >= 4 is 27.5 Å². The summed E-state index contributed by atoms with van der Waals surface area (Å²) in [7, 11) is -3.29. The number of nitrogens with two attached hydrogens (primary N) is 1. The van der Waals surface area contributed by atoms with Gasteiger partial charge in [-0.15, -0.1) is 10.2 Å². The van der Waals surface area contributed by atoms with Gasteiger partial charge in [-0.25, -0.2) is 13.4 Å². The zero-order chi connectivity index (χ0) is 14.6. The van der Waals surface area contributed by atoms with E-state index in [1.807, 2.05) is 0 Å². The van der Waals surface area contributed by atoms with Crippen LogP contribution < -0.4 is 5.73 Å². The predicted octanol–water partition coefficient (Wildman–Crippen LogP) is 1.13. The Hall–Kier alpha value is -2.74. The molecule has 4 rings (SSSR count). The van der Waals surface area contributed by atoms with Crippen LogP contribution in [-0.4, -0.2) is 28.0 Å². The van der Waals surface area contributed by atoms with Crippen LogP contribution in [-0.2, 0) is 9.84 Å². The molecule has 2 aromatic heterocycles. The Bertz CT molecular complexity index is 1020. The molecule has 0 saturated carbocycles. The van der Waals surface area contributed by atoms with Gasteiger partial charge in [0, 0.05) is 17.2 Å². The second kappa shape index (κ2) is 3.89. The number of nitrogens with zero attached hydrogens (tertiary/aromatic N) is 4. The van der Waals surface area contributed by atoms with Crippen molar-refractivity contribution in [3.05, 3.63) is 41.7 Å². The fourth-order valence-corrected chi connectivity index (χ4v) is 3.57. The molecule has 1 aromatic carbocycles. The van der Waals surface area contributed by atoms with Gasteiger partial charge < -0.3 is 5.73 Å². The van der Waals surface area contributed by atoms with E-state index in [2.05, 4.69) is 15.2 Å². The second-order valence-electron chi connectivity index (χ2n) is 4.65. The smallest absolute Gasteiger partial charge is 0.207 e. The minimum atomic E-state index is -3.29. The Morgan fingerprint density at radius 3 is 2.95 bits per heavy atom. The lowest BCUT2D eigenvalue weighted by molar-refractivity contribution is 0.605. The monoisotopic (exact) mass is 299 g/mol. The van der Waals surface area contributed by atoms with Crippen LogP contribution in [0, 0.1) is 0 Å². The zero-order valence-corrected chi connectivity index (χ0v) is 11.4. The molecule has 8 heteroatoms. The molecule has 104 valence electrons. The summed E-state index contributed by atoms with van der Waals surface area (Å²) in [5.41, 5.74) is 8.53. The molecular weight excluding hydrogens is 290 g/mol. The van der Waals surface area contributed by atoms with E-state index in [0.717, 1.165) is 11.1 Å². The maximum Gasteiger partial charge on any atom is 0.207 e. The van der Waals surface area contributed by atoms with E-state index in [0.29, 0.717) is 22.1 Å². The molecule has 0 fully saturated rings. The Labute approximate surface area is 119 Å². The number of anilines is 1. The first-order valence-electron chi connectivity index (χ1n) is 6.08. The maximum atomic E-state index is 11.8. The quantitative estimate of drug-likeness (QED) is 0.722. The average Bonchev–Trinajstić information content (AvgIpc) is 3.05. The molecule has 0 spiro atoms. The van der Waals surface area contributed by atoms with Crippen molar-refractivity contribution in [2.24, 2.45) is 0 Å². The molecule has 0 atom stereocenters. The van der Waals surface area contributed by atoms with E-state index in [4.69, 9.17) is 5.73 Å². The topological polar surface area (TPSA) is 103 Å². The van der Waals surface area contributed by atoms with E-state index in [1.54, 1.807) is 34.9 Å². The summed E-state index contributed by atoms with van der Waals surface area (Å²) >= 11 is 0. The van der Waals surface area contributed by atoms with Crippen LogP contribution in [0.25, 0.3) is 22.9 Å². The molecule has 0 aliphatic carbocycles. The first-order valence-corrected chi connectivity index (χ1v) is 7.63. The van der Waals surface area contributed by atoms with Gasteiger partial charge in [0.2, 0.25) is 5.95 Å². The summed E-state index contributed by atoms with van der Waals surface area (Å²) < 4.78 is 25.1. The van der Waals surface area contributed by atoms with Crippen molar-refractivity contribution < 1.29 is 8.42 Å². The van der Waals surface area contributed by atoms with Crippen molar-refractivity contribution in [3.63, 3.8) is 0 Å². The number of hydrogen-bond acceptors (Lipinski definition) is 6. The molecule has 0 bridgehead atoms. The largest absolute Gasteiger partial charge is 0.369 e. The summed E-state index contributed by atoms with van der Waals surface area (Å²) in [6.45, 7) is 0. The van der Waals surface area contributed by atoms with Gasteiger partial charge in [-0.3, -0.25) is 4.40 Å². The number of nitrogen functional groups attached to an aromatic ring is 1. The van der Waals surface area contributed by atoms with Crippen LogP contribution >= 0.6 is 0 Å². The summed E-state index contributed by atoms with van der Waals surface area (Å²) in [6, 6.07) is 5.10. The molecule has 0 unspecified atom stereocenters. The first kappa shape index (κ1) is 12.0. The summed E-state index contributed by atoms with van der Waals surface area (Å²) in [6.07, 6.45) is 4.67. The fraction of sp³-hybridized carbons (Fsp3) is 0. The summed E-state index contributed by atoms with van der Waals surface area (Å²) in [5.74, 6) is 0.294. The number of sulfone groups is 1. The maximum absolute atomic E-state index is 11.8. The lowest BCUT2D eigenvalue weighted by Gasteiger charge is -2.06. The third-order valence-electron chi connectivity index (χ3n) is 3.42. The summed E-state index contributed by atoms with van der Waals surface area (Å²) in [4.78, 5) is 4.41. The van der Waals surface area contributed by atoms with Gasteiger partial charge >= 0.3 is 0 Å². The predicted molar refractivity (Wildman–Crippen MR) is 76.9 cm³/mol. The highest BCUT2D eigenvalue weighted by molar-refractivity contribution is 7.94. The second-order valence-corrected chi connectivity index (χ2v) is 6.46. The van der Waals surface area contributed by atoms with Crippen molar-refractivity contribution in [2.75, 3.05) is 5.73 Å². The first-order chi connectivity index (χ1) is 10.1. The van der Waals surface area contributed by atoms with Crippen molar-refractivity contribution in [2.45, 2.75) is 4.90 Å².